The zero-order valence-corrected chi connectivity index (χ0v) is 16.0. The minimum Gasteiger partial charge on any atom is -0.497 e. The molecule has 0 saturated heterocycles. The minimum atomic E-state index is -0.179. The van der Waals surface area contributed by atoms with Crippen LogP contribution in [0.2, 0.25) is 0 Å². The third-order valence-corrected chi connectivity index (χ3v) is 5.42. The van der Waals surface area contributed by atoms with Crippen LogP contribution in [0.15, 0.2) is 42.6 Å². The molecule has 0 atom stereocenters. The maximum absolute atomic E-state index is 12.7. The normalized spacial score (nSPS) is 10.7. The number of hydrogen-bond donors (Lipinski definition) is 0. The average Bonchev–Trinajstić information content (AvgIpc) is 3.07. The fraction of sp³-hybridized carbons (Fsp3) is 0.222. The van der Waals surface area contributed by atoms with Crippen molar-refractivity contribution in [1.82, 2.24) is 9.97 Å². The highest BCUT2D eigenvalue weighted by atomic mass is 32.2. The molecule has 8 heteroatoms. The number of fused-ring (bicyclic) bond motifs is 1. The van der Waals surface area contributed by atoms with E-state index in [-0.39, 0.29) is 16.8 Å². The molecule has 1 aromatic carbocycles. The quantitative estimate of drug-likeness (QED) is 0.644. The van der Waals surface area contributed by atoms with Gasteiger partial charge in [-0.1, -0.05) is 29.2 Å². The molecule has 1 amide bonds. The average molecular weight is 387 g/mol. The Labute approximate surface area is 159 Å². The summed E-state index contributed by atoms with van der Waals surface area (Å²) in [5.74, 6) is 0.604. The van der Waals surface area contributed by atoms with E-state index in [1.54, 1.807) is 18.2 Å². The van der Waals surface area contributed by atoms with E-state index in [0.29, 0.717) is 17.4 Å². The number of aromatic nitrogens is 2. The first-order chi connectivity index (χ1) is 12.6. The lowest BCUT2D eigenvalue weighted by Gasteiger charge is -2.19. The number of carbonyl (C=O) groups excluding carboxylic acids is 2. The maximum Gasteiger partial charge on any atom is 0.239 e. The number of nitrogens with zero attached hydrogens (tertiary/aromatic N) is 3. The van der Waals surface area contributed by atoms with Crippen LogP contribution in [0.3, 0.4) is 0 Å². The summed E-state index contributed by atoms with van der Waals surface area (Å²) in [5.41, 5.74) is 1.52. The van der Waals surface area contributed by atoms with Gasteiger partial charge in [-0.2, -0.15) is 0 Å². The highest BCUT2D eigenvalue weighted by Crippen LogP contribution is 2.32. The Kier molecular flexibility index (Phi) is 5.85. The van der Waals surface area contributed by atoms with Crippen LogP contribution in [0.25, 0.3) is 10.2 Å². The molecule has 0 aliphatic carbocycles. The van der Waals surface area contributed by atoms with Crippen LogP contribution < -0.4 is 9.64 Å². The molecular formula is C18H17N3O3S2. The summed E-state index contributed by atoms with van der Waals surface area (Å²) in [4.78, 5) is 34.4. The van der Waals surface area contributed by atoms with E-state index in [1.165, 1.54) is 18.3 Å². The van der Waals surface area contributed by atoms with Gasteiger partial charge in [0.15, 0.2) is 10.2 Å². The van der Waals surface area contributed by atoms with Gasteiger partial charge in [0.05, 0.1) is 35.3 Å². The van der Waals surface area contributed by atoms with Gasteiger partial charge in [-0.25, -0.2) is 4.98 Å². The van der Waals surface area contributed by atoms with E-state index in [9.17, 15) is 9.59 Å². The number of carbonyl (C=O) groups is 2. The number of rotatable bonds is 6. The molecule has 0 radical (unpaired) electrons. The molecule has 134 valence electrons. The number of methoxy groups -OCH3 is 1. The maximum atomic E-state index is 12.7. The van der Waals surface area contributed by atoms with Crippen molar-refractivity contribution in [2.75, 3.05) is 17.8 Å². The fourth-order valence-electron chi connectivity index (χ4n) is 2.29. The number of amides is 1. The summed E-state index contributed by atoms with van der Waals surface area (Å²) in [7, 11) is 1.60. The zero-order valence-electron chi connectivity index (χ0n) is 14.3. The summed E-state index contributed by atoms with van der Waals surface area (Å²) >= 11 is 2.42. The van der Waals surface area contributed by atoms with Crippen molar-refractivity contribution in [2.24, 2.45) is 0 Å². The number of pyridine rings is 1. The Morgan fingerprint density at radius 1 is 1.27 bits per heavy atom. The van der Waals surface area contributed by atoms with Gasteiger partial charge < -0.3 is 4.74 Å². The Morgan fingerprint density at radius 2 is 2.12 bits per heavy atom. The Bertz CT molecular complexity index is 928. The molecule has 6 nitrogen and oxygen atoms in total. The lowest BCUT2D eigenvalue weighted by atomic mass is 10.3. The Balaban J connectivity index is 1.93. The highest BCUT2D eigenvalue weighted by Gasteiger charge is 2.21. The van der Waals surface area contributed by atoms with Gasteiger partial charge in [0, 0.05) is 19.2 Å². The molecule has 0 spiro atoms. The van der Waals surface area contributed by atoms with Crippen LogP contribution in [0.5, 0.6) is 5.75 Å². The summed E-state index contributed by atoms with van der Waals surface area (Å²) in [6.45, 7) is 1.75. The molecule has 0 saturated carbocycles. The molecule has 2 heterocycles. The molecule has 0 N–H and O–H groups in total. The molecule has 3 aromatic rings. The topological polar surface area (TPSA) is 72.4 Å². The van der Waals surface area contributed by atoms with E-state index in [2.05, 4.69) is 9.97 Å². The van der Waals surface area contributed by atoms with Gasteiger partial charge in [0.1, 0.15) is 5.75 Å². The summed E-state index contributed by atoms with van der Waals surface area (Å²) < 4.78 is 6.19. The van der Waals surface area contributed by atoms with Crippen LogP contribution in [0.1, 0.15) is 12.6 Å². The second-order valence-electron chi connectivity index (χ2n) is 5.41. The van der Waals surface area contributed by atoms with Crippen LogP contribution in [-0.4, -0.2) is 33.9 Å². The van der Waals surface area contributed by atoms with E-state index < -0.39 is 0 Å². The zero-order chi connectivity index (χ0) is 18.5. The number of hydrogen-bond acceptors (Lipinski definition) is 7. The van der Waals surface area contributed by atoms with Gasteiger partial charge >= 0.3 is 0 Å². The predicted octanol–water partition coefficient (Wildman–Crippen LogP) is 3.51. The van der Waals surface area contributed by atoms with Crippen molar-refractivity contribution >= 4 is 49.5 Å². The third kappa shape index (κ3) is 4.39. The van der Waals surface area contributed by atoms with E-state index in [0.717, 1.165) is 27.7 Å². The monoisotopic (exact) mass is 387 g/mol. The number of thioether (sulfide) groups is 1. The second-order valence-corrected chi connectivity index (χ2v) is 7.57. The first kappa shape index (κ1) is 18.3. The predicted molar refractivity (Wildman–Crippen MR) is 105 cm³/mol. The molecule has 3 rings (SSSR count). The van der Waals surface area contributed by atoms with Crippen molar-refractivity contribution < 1.29 is 14.3 Å². The van der Waals surface area contributed by atoms with Crippen LogP contribution in [0.4, 0.5) is 5.13 Å². The lowest BCUT2D eigenvalue weighted by molar-refractivity contribution is -0.116. The third-order valence-electron chi connectivity index (χ3n) is 3.56. The molecule has 0 aliphatic rings. The van der Waals surface area contributed by atoms with E-state index in [4.69, 9.17) is 4.74 Å². The molecular weight excluding hydrogens is 370 g/mol. The molecule has 0 unspecified atom stereocenters. The molecule has 0 bridgehead atoms. The second kappa shape index (κ2) is 8.29. The van der Waals surface area contributed by atoms with Crippen LogP contribution >= 0.6 is 23.1 Å². The fourth-order valence-corrected chi connectivity index (χ4v) is 3.74. The van der Waals surface area contributed by atoms with Crippen LogP contribution in [0, 0.1) is 0 Å². The van der Waals surface area contributed by atoms with Gasteiger partial charge in [0.25, 0.3) is 0 Å². The number of benzene rings is 1. The molecule has 2 aromatic heterocycles. The summed E-state index contributed by atoms with van der Waals surface area (Å²) in [6.07, 6.45) is 1.69. The van der Waals surface area contributed by atoms with Crippen molar-refractivity contribution in [3.05, 3.63) is 48.3 Å². The number of ether oxygens (including phenoxy) is 1. The molecule has 0 fully saturated rings. The number of anilines is 1. The SMILES string of the molecule is COc1ccc2sc(N(Cc3ccccn3)C(=O)CSC(C)=O)nc2c1. The Hall–Kier alpha value is -2.45. The van der Waals surface area contributed by atoms with Crippen molar-refractivity contribution in [2.45, 2.75) is 13.5 Å². The summed E-state index contributed by atoms with van der Waals surface area (Å²) in [5, 5.41) is 0.484. The van der Waals surface area contributed by atoms with Gasteiger partial charge in [-0.05, 0) is 24.3 Å². The number of thiazole rings is 1. The molecule has 0 aliphatic heterocycles. The van der Waals surface area contributed by atoms with Gasteiger partial charge in [-0.3, -0.25) is 19.5 Å². The van der Waals surface area contributed by atoms with Crippen molar-refractivity contribution in [1.29, 1.82) is 0 Å². The van der Waals surface area contributed by atoms with E-state index in [1.807, 2.05) is 36.4 Å². The highest BCUT2D eigenvalue weighted by molar-refractivity contribution is 8.14. The van der Waals surface area contributed by atoms with Gasteiger partial charge in [-0.15, -0.1) is 0 Å². The largest absolute Gasteiger partial charge is 0.497 e. The van der Waals surface area contributed by atoms with Crippen molar-refractivity contribution in [3.8, 4) is 5.75 Å². The lowest BCUT2D eigenvalue weighted by Crippen LogP contribution is -2.32. The first-order valence-electron chi connectivity index (χ1n) is 7.85. The Morgan fingerprint density at radius 3 is 2.81 bits per heavy atom. The smallest absolute Gasteiger partial charge is 0.239 e. The van der Waals surface area contributed by atoms with Gasteiger partial charge in [0.2, 0.25) is 5.91 Å². The molecule has 26 heavy (non-hydrogen) atoms. The van der Waals surface area contributed by atoms with Crippen molar-refractivity contribution in [3.63, 3.8) is 0 Å². The van der Waals surface area contributed by atoms with Crippen LogP contribution in [-0.2, 0) is 16.1 Å². The summed E-state index contributed by atoms with van der Waals surface area (Å²) in [6, 6.07) is 11.2. The van der Waals surface area contributed by atoms with E-state index >= 15 is 0 Å². The standard InChI is InChI=1S/C18H17N3O3S2/c1-12(22)25-11-17(23)21(10-13-5-3-4-8-19-13)18-20-15-9-14(24-2)6-7-16(15)26-18/h3-9H,10-11H2,1-2H3. The minimum absolute atomic E-state index is 0.0708. The first-order valence-corrected chi connectivity index (χ1v) is 9.65.